The van der Waals surface area contributed by atoms with E-state index >= 15 is 0 Å². The number of nitro groups is 1. The van der Waals surface area contributed by atoms with E-state index in [1.807, 2.05) is 4.90 Å². The van der Waals surface area contributed by atoms with Crippen molar-refractivity contribution in [3.8, 4) is 0 Å². The smallest absolute Gasteiger partial charge is 0.333 e. The Morgan fingerprint density at radius 1 is 1.55 bits per heavy atom. The van der Waals surface area contributed by atoms with Gasteiger partial charge in [-0.15, -0.1) is 0 Å². The monoisotopic (exact) mass is 281 g/mol. The van der Waals surface area contributed by atoms with E-state index in [0.29, 0.717) is 24.6 Å². The standard InChI is InChI=1S/C12H19N5O3/c1-8-10(17(19)20)12(15(3)14-8)16-6-4-5-9(7-16)11(18)13-2/h9H,4-7H2,1-3H3,(H,13,18)/t9-/m1/s1. The lowest BCUT2D eigenvalue weighted by atomic mass is 9.97. The van der Waals surface area contributed by atoms with Crippen LogP contribution < -0.4 is 10.2 Å². The van der Waals surface area contributed by atoms with Crippen molar-refractivity contribution >= 4 is 17.4 Å². The molecule has 2 heterocycles. The topological polar surface area (TPSA) is 93.3 Å². The molecule has 0 radical (unpaired) electrons. The highest BCUT2D eigenvalue weighted by Gasteiger charge is 2.33. The molecular formula is C12H19N5O3. The van der Waals surface area contributed by atoms with E-state index in [2.05, 4.69) is 10.4 Å². The number of amides is 1. The van der Waals surface area contributed by atoms with E-state index in [4.69, 9.17) is 0 Å². The Bertz CT molecular complexity index is 539. The van der Waals surface area contributed by atoms with E-state index < -0.39 is 4.92 Å². The molecule has 1 aliphatic rings. The quantitative estimate of drug-likeness (QED) is 0.647. The lowest BCUT2D eigenvalue weighted by Gasteiger charge is -2.32. The summed E-state index contributed by atoms with van der Waals surface area (Å²) in [6, 6.07) is 0. The summed E-state index contributed by atoms with van der Waals surface area (Å²) in [5.41, 5.74) is 0.430. The van der Waals surface area contributed by atoms with Gasteiger partial charge in [-0.25, -0.2) is 4.68 Å². The van der Waals surface area contributed by atoms with E-state index in [9.17, 15) is 14.9 Å². The fourth-order valence-electron chi connectivity index (χ4n) is 2.79. The van der Waals surface area contributed by atoms with Crippen molar-refractivity contribution in [1.29, 1.82) is 0 Å². The number of hydrogen-bond acceptors (Lipinski definition) is 5. The van der Waals surface area contributed by atoms with Crippen LogP contribution >= 0.6 is 0 Å². The molecule has 8 heteroatoms. The first-order valence-corrected chi connectivity index (χ1v) is 6.60. The summed E-state index contributed by atoms with van der Waals surface area (Å²) in [4.78, 5) is 24.5. The maximum absolute atomic E-state index is 11.8. The molecule has 0 aliphatic carbocycles. The molecule has 20 heavy (non-hydrogen) atoms. The van der Waals surface area contributed by atoms with Crippen LogP contribution in [-0.2, 0) is 11.8 Å². The van der Waals surface area contributed by atoms with Crippen molar-refractivity contribution in [3.63, 3.8) is 0 Å². The second-order valence-corrected chi connectivity index (χ2v) is 5.04. The van der Waals surface area contributed by atoms with Gasteiger partial charge in [-0.2, -0.15) is 5.10 Å². The van der Waals surface area contributed by atoms with Crippen LogP contribution in [0, 0.1) is 23.0 Å². The molecule has 1 aliphatic heterocycles. The van der Waals surface area contributed by atoms with Crippen LogP contribution in [0.5, 0.6) is 0 Å². The van der Waals surface area contributed by atoms with Crippen molar-refractivity contribution in [2.24, 2.45) is 13.0 Å². The van der Waals surface area contributed by atoms with Gasteiger partial charge in [0.1, 0.15) is 5.69 Å². The predicted octanol–water partition coefficient (Wildman–Crippen LogP) is 0.599. The van der Waals surface area contributed by atoms with Gasteiger partial charge >= 0.3 is 5.69 Å². The summed E-state index contributed by atoms with van der Waals surface area (Å²) >= 11 is 0. The summed E-state index contributed by atoms with van der Waals surface area (Å²) in [5.74, 6) is 0.334. The van der Waals surface area contributed by atoms with Crippen molar-refractivity contribution in [1.82, 2.24) is 15.1 Å². The van der Waals surface area contributed by atoms with Gasteiger partial charge < -0.3 is 10.2 Å². The molecule has 110 valence electrons. The molecule has 1 N–H and O–H groups in total. The van der Waals surface area contributed by atoms with Crippen LogP contribution in [0.25, 0.3) is 0 Å². The molecule has 2 rings (SSSR count). The van der Waals surface area contributed by atoms with E-state index in [1.54, 1.807) is 21.0 Å². The summed E-state index contributed by atoms with van der Waals surface area (Å²) in [6.45, 7) is 2.81. The number of aryl methyl sites for hydroxylation is 2. The van der Waals surface area contributed by atoms with Crippen molar-refractivity contribution in [3.05, 3.63) is 15.8 Å². The molecule has 1 aromatic heterocycles. The molecule has 0 unspecified atom stereocenters. The minimum Gasteiger partial charge on any atom is -0.359 e. The van der Waals surface area contributed by atoms with Gasteiger partial charge in [0.2, 0.25) is 11.7 Å². The van der Waals surface area contributed by atoms with Crippen LogP contribution in [0.15, 0.2) is 0 Å². The zero-order valence-electron chi connectivity index (χ0n) is 11.9. The summed E-state index contributed by atoms with van der Waals surface area (Å²) in [7, 11) is 3.30. The highest BCUT2D eigenvalue weighted by Crippen LogP contribution is 2.33. The largest absolute Gasteiger partial charge is 0.359 e. The number of nitrogens with one attached hydrogen (secondary N) is 1. The Morgan fingerprint density at radius 3 is 2.85 bits per heavy atom. The zero-order valence-corrected chi connectivity index (χ0v) is 11.9. The van der Waals surface area contributed by atoms with E-state index in [1.165, 1.54) is 4.68 Å². The maximum atomic E-state index is 11.8. The Balaban J connectivity index is 2.32. The molecule has 0 saturated carbocycles. The number of carbonyl (C=O) groups is 1. The SMILES string of the molecule is CNC(=O)[C@@H]1CCCN(c2c([N+](=O)[O-])c(C)nn2C)C1. The molecule has 1 saturated heterocycles. The minimum atomic E-state index is -0.402. The molecule has 0 aromatic carbocycles. The van der Waals surface area contributed by atoms with Crippen molar-refractivity contribution in [2.75, 3.05) is 25.0 Å². The first kappa shape index (κ1) is 14.3. The summed E-state index contributed by atoms with van der Waals surface area (Å²) < 4.78 is 1.53. The second kappa shape index (κ2) is 5.48. The van der Waals surface area contributed by atoms with Gasteiger partial charge in [0, 0.05) is 27.2 Å². The molecule has 0 spiro atoms. The number of carbonyl (C=O) groups excluding carboxylic acids is 1. The number of rotatable bonds is 3. The third kappa shape index (κ3) is 2.45. The Labute approximate surface area is 116 Å². The normalized spacial score (nSPS) is 18.9. The molecule has 1 atom stereocenters. The number of nitrogens with zero attached hydrogens (tertiary/aromatic N) is 4. The van der Waals surface area contributed by atoms with Crippen LogP contribution in [-0.4, -0.2) is 40.7 Å². The highest BCUT2D eigenvalue weighted by molar-refractivity contribution is 5.79. The number of hydrogen-bond donors (Lipinski definition) is 1. The average molecular weight is 281 g/mol. The highest BCUT2D eigenvalue weighted by atomic mass is 16.6. The van der Waals surface area contributed by atoms with E-state index in [0.717, 1.165) is 12.8 Å². The Morgan fingerprint density at radius 2 is 2.25 bits per heavy atom. The molecule has 8 nitrogen and oxygen atoms in total. The minimum absolute atomic E-state index is 0.0174. The molecule has 1 amide bonds. The van der Waals surface area contributed by atoms with Gasteiger partial charge in [0.05, 0.1) is 10.8 Å². The second-order valence-electron chi connectivity index (χ2n) is 5.04. The van der Waals surface area contributed by atoms with Crippen LogP contribution in [0.1, 0.15) is 18.5 Å². The first-order chi connectivity index (χ1) is 9.45. The zero-order chi connectivity index (χ0) is 14.9. The number of piperidine rings is 1. The van der Waals surface area contributed by atoms with E-state index in [-0.39, 0.29) is 17.5 Å². The van der Waals surface area contributed by atoms with Gasteiger partial charge in [-0.1, -0.05) is 0 Å². The maximum Gasteiger partial charge on any atom is 0.333 e. The molecular weight excluding hydrogens is 262 g/mol. The summed E-state index contributed by atoms with van der Waals surface area (Å²) in [5, 5.41) is 18.0. The number of anilines is 1. The molecule has 1 aromatic rings. The Hall–Kier alpha value is -2.12. The van der Waals surface area contributed by atoms with Gasteiger partial charge in [0.25, 0.3) is 0 Å². The van der Waals surface area contributed by atoms with Crippen molar-refractivity contribution < 1.29 is 9.72 Å². The third-order valence-electron chi connectivity index (χ3n) is 3.68. The molecule has 0 bridgehead atoms. The lowest BCUT2D eigenvalue weighted by Crippen LogP contribution is -2.43. The lowest BCUT2D eigenvalue weighted by molar-refractivity contribution is -0.384. The number of aromatic nitrogens is 2. The van der Waals surface area contributed by atoms with Crippen molar-refractivity contribution in [2.45, 2.75) is 19.8 Å². The first-order valence-electron chi connectivity index (χ1n) is 6.60. The average Bonchev–Trinajstić information content (AvgIpc) is 2.72. The van der Waals surface area contributed by atoms with Crippen LogP contribution in [0.4, 0.5) is 11.5 Å². The fourth-order valence-corrected chi connectivity index (χ4v) is 2.79. The van der Waals surface area contributed by atoms with Gasteiger partial charge in [-0.05, 0) is 19.8 Å². The molecule has 1 fully saturated rings. The van der Waals surface area contributed by atoms with Gasteiger partial charge in [-0.3, -0.25) is 14.9 Å². The fraction of sp³-hybridized carbons (Fsp3) is 0.667. The van der Waals surface area contributed by atoms with Crippen LogP contribution in [0.3, 0.4) is 0 Å². The van der Waals surface area contributed by atoms with Crippen LogP contribution in [0.2, 0.25) is 0 Å². The summed E-state index contributed by atoms with van der Waals surface area (Å²) in [6.07, 6.45) is 1.64. The van der Waals surface area contributed by atoms with Gasteiger partial charge in [0.15, 0.2) is 0 Å². The third-order valence-corrected chi connectivity index (χ3v) is 3.68. The predicted molar refractivity (Wildman–Crippen MR) is 73.6 cm³/mol. The Kier molecular flexibility index (Phi) is 3.91.